The molecular formula is C48H84N2O34. The second-order valence-corrected chi connectivity index (χ2v) is 21.9. The van der Waals surface area contributed by atoms with Gasteiger partial charge >= 0.3 is 0 Å². The molecule has 35 atom stereocenters. The highest BCUT2D eigenvalue weighted by molar-refractivity contribution is 5.02. The molecule has 36 nitrogen and oxygen atoms in total. The highest BCUT2D eigenvalue weighted by Gasteiger charge is 2.59. The van der Waals surface area contributed by atoms with Crippen LogP contribution < -0.4 is 11.1 Å². The van der Waals surface area contributed by atoms with E-state index >= 15 is 0 Å². The third kappa shape index (κ3) is 14.5. The van der Waals surface area contributed by atoms with Crippen LogP contribution in [0.2, 0.25) is 0 Å². The maximum absolute atomic E-state index is 11.8. The first-order valence-electron chi connectivity index (χ1n) is 27.9. The summed E-state index contributed by atoms with van der Waals surface area (Å²) in [6, 6.07) is 0. The molecule has 0 aromatic rings. The zero-order chi connectivity index (χ0) is 61.0. The van der Waals surface area contributed by atoms with Gasteiger partial charge in [0.2, 0.25) is 0 Å². The van der Waals surface area contributed by atoms with Crippen LogP contribution in [-0.2, 0) is 66.3 Å². The fourth-order valence-corrected chi connectivity index (χ4v) is 11.4. The molecule has 14 bridgehead atoms. The minimum Gasteiger partial charge on any atom is -0.394 e. The summed E-state index contributed by atoms with van der Waals surface area (Å²) in [5.74, 6) is 0. The molecule has 0 aromatic heterocycles. The van der Waals surface area contributed by atoms with Crippen LogP contribution in [0.5, 0.6) is 0 Å². The molecule has 21 fully saturated rings. The van der Waals surface area contributed by atoms with Gasteiger partial charge in [-0.2, -0.15) is 0 Å². The lowest BCUT2D eigenvalue weighted by molar-refractivity contribution is -0.396. The summed E-state index contributed by atoms with van der Waals surface area (Å²) in [6.07, 6.45) is -66.0. The van der Waals surface area contributed by atoms with Crippen LogP contribution in [-0.4, -0.2) is 376 Å². The third-order valence-corrected chi connectivity index (χ3v) is 16.3. The Morgan fingerprint density at radius 1 is 0.238 bits per heavy atom. The van der Waals surface area contributed by atoms with E-state index in [0.29, 0.717) is 19.5 Å². The zero-order valence-corrected chi connectivity index (χ0v) is 45.1. The molecule has 23 N–H and O–H groups in total. The summed E-state index contributed by atoms with van der Waals surface area (Å²) in [6.45, 7) is -5.54. The predicted octanol–water partition coefficient (Wildman–Crippen LogP) is -14.1. The first-order chi connectivity index (χ1) is 40.2. The van der Waals surface area contributed by atoms with Gasteiger partial charge in [0.25, 0.3) is 0 Å². The molecule has 0 spiro atoms. The molecule has 0 amide bonds. The minimum absolute atomic E-state index is 0.203. The molecule has 0 saturated carbocycles. The summed E-state index contributed by atoms with van der Waals surface area (Å²) < 4.78 is 81.3. The van der Waals surface area contributed by atoms with Crippen molar-refractivity contribution in [1.29, 1.82) is 0 Å². The lowest BCUT2D eigenvalue weighted by Gasteiger charge is -2.50. The lowest BCUT2D eigenvalue weighted by atomic mass is 9.95. The summed E-state index contributed by atoms with van der Waals surface area (Å²) in [4.78, 5) is 0. The van der Waals surface area contributed by atoms with Crippen LogP contribution in [0, 0.1) is 0 Å². The molecule has 21 rings (SSSR count). The van der Waals surface area contributed by atoms with E-state index < -0.39 is 255 Å². The van der Waals surface area contributed by atoms with Crippen molar-refractivity contribution >= 4 is 0 Å². The number of aliphatic hydroxyl groups excluding tert-OH is 20. The Kier molecular flexibility index (Phi) is 24.9. The van der Waals surface area contributed by atoms with E-state index in [4.69, 9.17) is 72.0 Å². The second-order valence-electron chi connectivity index (χ2n) is 21.9. The third-order valence-electron chi connectivity index (χ3n) is 16.3. The fourth-order valence-electron chi connectivity index (χ4n) is 11.4. The van der Waals surface area contributed by atoms with E-state index in [1.165, 1.54) is 0 Å². The van der Waals surface area contributed by atoms with E-state index in [2.05, 4.69) is 5.32 Å². The van der Waals surface area contributed by atoms with Gasteiger partial charge in [-0.1, -0.05) is 12.8 Å². The van der Waals surface area contributed by atoms with Crippen LogP contribution in [0.25, 0.3) is 0 Å². The van der Waals surface area contributed by atoms with Gasteiger partial charge < -0.3 is 179 Å². The number of nitrogens with two attached hydrogens (primary N) is 1. The van der Waals surface area contributed by atoms with Crippen molar-refractivity contribution in [3.05, 3.63) is 0 Å². The molecule has 0 aliphatic carbocycles. The normalized spacial score (nSPS) is 51.8. The Morgan fingerprint density at radius 2 is 0.429 bits per heavy atom. The Labute approximate surface area is 478 Å². The van der Waals surface area contributed by atoms with Crippen LogP contribution in [0.4, 0.5) is 0 Å². The zero-order valence-electron chi connectivity index (χ0n) is 45.1. The maximum atomic E-state index is 11.8. The van der Waals surface area contributed by atoms with Crippen molar-refractivity contribution in [1.82, 2.24) is 5.32 Å². The fraction of sp³-hybridized carbons (Fsp3) is 1.00. The van der Waals surface area contributed by atoms with Crippen molar-refractivity contribution < 1.29 is 168 Å². The molecule has 35 unspecified atom stereocenters. The smallest absolute Gasteiger partial charge is 0.187 e. The van der Waals surface area contributed by atoms with Crippen LogP contribution in [0.15, 0.2) is 0 Å². The molecule has 0 radical (unpaired) electrons. The average molecular weight is 1230 g/mol. The van der Waals surface area contributed by atoms with Crippen LogP contribution in [0.3, 0.4) is 0 Å². The van der Waals surface area contributed by atoms with Gasteiger partial charge in [0, 0.05) is 6.54 Å². The number of rotatable bonds is 14. The van der Waals surface area contributed by atoms with Crippen molar-refractivity contribution in [3.8, 4) is 0 Å². The number of nitrogens with one attached hydrogen (secondary N) is 1. The van der Waals surface area contributed by atoms with Gasteiger partial charge in [0.15, 0.2) is 44.0 Å². The highest BCUT2D eigenvalue weighted by atomic mass is 16.8. The van der Waals surface area contributed by atoms with Crippen molar-refractivity contribution in [2.45, 2.75) is 241 Å². The standard InChI is InChI=1S/C48H84N2O34/c49-5-3-1-2-4-6-50-7-14-35-21(57)28(64)42(71-14)79-36-15(8-51)73-44(30(66)23(36)59)81-38-17(10-53)75-46(32(68)25(38)61)83-40-19(12-55)77-48(34(70)27(40)63)84-41-20(13-56)76-47(33(69)26(41)62)82-39-18(11-54)74-45(31(67)24(39)60)80-37-16(9-52)72-43(78-35)29(65)22(37)58/h14-48,50-70H,1-13,49H2. The number of unbranched alkanes of at least 4 members (excludes halogenated alkanes) is 3. The van der Waals surface area contributed by atoms with Gasteiger partial charge in [0.1, 0.15) is 171 Å². The van der Waals surface area contributed by atoms with Gasteiger partial charge in [-0.05, 0) is 25.9 Å². The monoisotopic (exact) mass is 1230 g/mol. The maximum Gasteiger partial charge on any atom is 0.187 e. The van der Waals surface area contributed by atoms with E-state index in [0.717, 1.165) is 19.3 Å². The molecular weight excluding hydrogens is 1150 g/mol. The minimum atomic E-state index is -2.20. The van der Waals surface area contributed by atoms with E-state index in [-0.39, 0.29) is 6.54 Å². The van der Waals surface area contributed by atoms with E-state index in [9.17, 15) is 102 Å². The van der Waals surface area contributed by atoms with Gasteiger partial charge in [-0.25, -0.2) is 0 Å². The van der Waals surface area contributed by atoms with E-state index in [1.807, 2.05) is 0 Å². The van der Waals surface area contributed by atoms with Crippen molar-refractivity contribution in [2.75, 3.05) is 59.3 Å². The topological polar surface area (TPSA) is 572 Å². The quantitative estimate of drug-likeness (QED) is 0.0718. The average Bonchev–Trinajstić information content (AvgIpc) is 2.77. The van der Waals surface area contributed by atoms with E-state index in [1.54, 1.807) is 0 Å². The second kappa shape index (κ2) is 30.6. The first-order valence-corrected chi connectivity index (χ1v) is 27.9. The van der Waals surface area contributed by atoms with Crippen LogP contribution in [0.1, 0.15) is 25.7 Å². The highest BCUT2D eigenvalue weighted by Crippen LogP contribution is 2.39. The summed E-state index contributed by atoms with van der Waals surface area (Å²) in [7, 11) is 0. The molecule has 21 aliphatic rings. The van der Waals surface area contributed by atoms with Crippen LogP contribution >= 0.6 is 0 Å². The number of hydrogen-bond donors (Lipinski definition) is 22. The van der Waals surface area contributed by atoms with Crippen molar-refractivity contribution in [2.24, 2.45) is 5.73 Å². The molecule has 21 saturated heterocycles. The number of hydrogen-bond acceptors (Lipinski definition) is 36. The first kappa shape index (κ1) is 68.5. The molecule has 0 aromatic carbocycles. The molecule has 21 heterocycles. The number of ether oxygens (including phenoxy) is 14. The predicted molar refractivity (Wildman–Crippen MR) is 262 cm³/mol. The Morgan fingerprint density at radius 3 is 0.631 bits per heavy atom. The summed E-state index contributed by atoms with van der Waals surface area (Å²) in [5, 5.41) is 226. The summed E-state index contributed by atoms with van der Waals surface area (Å²) in [5.41, 5.74) is 5.62. The lowest BCUT2D eigenvalue weighted by Crippen LogP contribution is -2.68. The molecule has 36 heteroatoms. The van der Waals surface area contributed by atoms with Gasteiger partial charge in [-0.3, -0.25) is 0 Å². The molecule has 84 heavy (non-hydrogen) atoms. The molecule has 490 valence electrons. The SMILES string of the molecule is NCCCCCCNCC1OC2OC3C(CO)OC(OC4C(CO)OC(OC5C(CO)OC(OC6C(CO)OC(OC7C(CO)OC(OC8C(CO)OC(OC1C(O)C2O)C(O)C8O)C(O)C7O)C(O)C6O)C(O)C5O)C(O)C4O)C(O)C3O. The Hall–Kier alpha value is -1.44. The largest absolute Gasteiger partial charge is 0.394 e. The van der Waals surface area contributed by atoms with Gasteiger partial charge in [0.05, 0.1) is 39.6 Å². The number of aliphatic hydroxyl groups is 20. The Balaban J connectivity index is 1.08. The van der Waals surface area contributed by atoms with Crippen molar-refractivity contribution in [3.63, 3.8) is 0 Å². The molecule has 21 aliphatic heterocycles. The Bertz CT molecular complexity index is 1950. The van der Waals surface area contributed by atoms with Gasteiger partial charge in [-0.15, -0.1) is 0 Å². The summed E-state index contributed by atoms with van der Waals surface area (Å²) >= 11 is 0.